The summed E-state index contributed by atoms with van der Waals surface area (Å²) in [6.45, 7) is 4.79. The Morgan fingerprint density at radius 2 is 1.96 bits per heavy atom. The highest BCUT2D eigenvalue weighted by Gasteiger charge is 2.34. The summed E-state index contributed by atoms with van der Waals surface area (Å²) >= 11 is 0. The molecule has 27 heavy (non-hydrogen) atoms. The monoisotopic (exact) mass is 375 g/mol. The molecule has 1 aliphatic carbocycles. The first-order chi connectivity index (χ1) is 13.0. The Hall–Kier alpha value is -1.70. The van der Waals surface area contributed by atoms with E-state index >= 15 is 0 Å². The summed E-state index contributed by atoms with van der Waals surface area (Å²) in [5.41, 5.74) is 1.25. The molecule has 1 amide bonds. The molecule has 0 radical (unpaired) electrons. The molecule has 0 bridgehead atoms. The zero-order valence-electron chi connectivity index (χ0n) is 15.8. The molecule has 4 rings (SSSR count). The number of likely N-dealkylation sites (tertiary alicyclic amines) is 1. The Morgan fingerprint density at radius 3 is 2.78 bits per heavy atom. The van der Waals surface area contributed by atoms with E-state index in [-0.39, 0.29) is 17.0 Å². The van der Waals surface area contributed by atoms with Gasteiger partial charge in [0, 0.05) is 38.4 Å². The number of nitrogens with zero attached hydrogens (tertiary/aromatic N) is 2. The van der Waals surface area contributed by atoms with Crippen molar-refractivity contribution < 1.29 is 14.6 Å². The SMILES string of the molecule is O=C(c1cc2c([nH]c1=O)CCC2)N1CCC[C@](O)(CN2CCOCC2)CC1. The maximum absolute atomic E-state index is 13.0. The molecule has 2 aliphatic heterocycles. The van der Waals surface area contributed by atoms with Gasteiger partial charge in [0.15, 0.2) is 0 Å². The number of amides is 1. The van der Waals surface area contributed by atoms with Crippen LogP contribution in [0, 0.1) is 0 Å². The minimum absolute atomic E-state index is 0.207. The Morgan fingerprint density at radius 1 is 1.15 bits per heavy atom. The maximum Gasteiger partial charge on any atom is 0.261 e. The molecule has 1 aromatic heterocycles. The number of aromatic nitrogens is 1. The number of pyridine rings is 1. The van der Waals surface area contributed by atoms with Gasteiger partial charge < -0.3 is 19.7 Å². The number of ether oxygens (including phenoxy) is 1. The summed E-state index contributed by atoms with van der Waals surface area (Å²) in [7, 11) is 0. The molecule has 2 N–H and O–H groups in total. The van der Waals surface area contributed by atoms with Crippen molar-refractivity contribution in [3.63, 3.8) is 0 Å². The Balaban J connectivity index is 1.43. The normalized spacial score (nSPS) is 26.6. The van der Waals surface area contributed by atoms with Crippen LogP contribution in [-0.2, 0) is 17.6 Å². The van der Waals surface area contributed by atoms with Crippen LogP contribution in [0.25, 0.3) is 0 Å². The Labute approximate surface area is 159 Å². The van der Waals surface area contributed by atoms with E-state index in [2.05, 4.69) is 9.88 Å². The quantitative estimate of drug-likeness (QED) is 0.806. The number of carbonyl (C=O) groups is 1. The lowest BCUT2D eigenvalue weighted by molar-refractivity contribution is -0.0389. The lowest BCUT2D eigenvalue weighted by Gasteiger charge is -2.35. The number of H-pyrrole nitrogens is 1. The molecule has 3 heterocycles. The van der Waals surface area contributed by atoms with Crippen LogP contribution in [0.5, 0.6) is 0 Å². The van der Waals surface area contributed by atoms with E-state index in [4.69, 9.17) is 4.74 Å². The fourth-order valence-electron chi connectivity index (χ4n) is 4.56. The lowest BCUT2D eigenvalue weighted by atomic mass is 9.94. The molecule has 0 aromatic carbocycles. The van der Waals surface area contributed by atoms with Gasteiger partial charge in [-0.25, -0.2) is 0 Å². The molecule has 1 aromatic rings. The zero-order chi connectivity index (χ0) is 18.9. The smallest absolute Gasteiger partial charge is 0.261 e. The first-order valence-electron chi connectivity index (χ1n) is 10.1. The van der Waals surface area contributed by atoms with E-state index in [1.54, 1.807) is 11.0 Å². The van der Waals surface area contributed by atoms with Crippen LogP contribution in [0.2, 0.25) is 0 Å². The largest absolute Gasteiger partial charge is 0.388 e. The summed E-state index contributed by atoms with van der Waals surface area (Å²) in [5, 5.41) is 11.1. The molecule has 148 valence electrons. The number of nitrogens with one attached hydrogen (secondary N) is 1. The Kier molecular flexibility index (Phi) is 5.34. The van der Waals surface area contributed by atoms with E-state index < -0.39 is 5.60 Å². The van der Waals surface area contributed by atoms with Gasteiger partial charge in [-0.05, 0) is 50.2 Å². The van der Waals surface area contributed by atoms with Crippen LogP contribution in [0.15, 0.2) is 10.9 Å². The number of carbonyl (C=O) groups excluding carboxylic acids is 1. The predicted octanol–water partition coefficient (Wildman–Crippen LogP) is 0.553. The first kappa shape index (κ1) is 18.7. The number of rotatable bonds is 3. The van der Waals surface area contributed by atoms with Crippen LogP contribution in [0.1, 0.15) is 47.3 Å². The second-order valence-electron chi connectivity index (χ2n) is 8.13. The number of aromatic amines is 1. The molecule has 0 unspecified atom stereocenters. The molecule has 3 aliphatic rings. The van der Waals surface area contributed by atoms with Crippen LogP contribution in [0.3, 0.4) is 0 Å². The topological polar surface area (TPSA) is 85.9 Å². The van der Waals surface area contributed by atoms with Crippen molar-refractivity contribution in [1.82, 2.24) is 14.8 Å². The molecule has 1 atom stereocenters. The summed E-state index contributed by atoms with van der Waals surface area (Å²) in [6, 6.07) is 1.79. The van der Waals surface area contributed by atoms with Crippen molar-refractivity contribution in [3.8, 4) is 0 Å². The summed E-state index contributed by atoms with van der Waals surface area (Å²) < 4.78 is 5.38. The number of fused-ring (bicyclic) bond motifs is 1. The Bertz CT molecular complexity index is 756. The van der Waals surface area contributed by atoms with Gasteiger partial charge in [0.25, 0.3) is 11.5 Å². The number of aliphatic hydroxyl groups is 1. The average Bonchev–Trinajstić information content (AvgIpc) is 3.02. The molecular formula is C20H29N3O4. The fourth-order valence-corrected chi connectivity index (χ4v) is 4.56. The molecule has 7 nitrogen and oxygen atoms in total. The minimum atomic E-state index is -0.781. The zero-order valence-corrected chi connectivity index (χ0v) is 15.8. The van der Waals surface area contributed by atoms with Gasteiger partial charge in [-0.2, -0.15) is 0 Å². The van der Waals surface area contributed by atoms with Crippen LogP contribution < -0.4 is 5.56 Å². The summed E-state index contributed by atoms with van der Waals surface area (Å²) in [4.78, 5) is 32.2. The number of hydrogen-bond acceptors (Lipinski definition) is 5. The van der Waals surface area contributed by atoms with Gasteiger partial charge >= 0.3 is 0 Å². The van der Waals surface area contributed by atoms with Gasteiger partial charge in [-0.1, -0.05) is 0 Å². The van der Waals surface area contributed by atoms with Gasteiger partial charge in [-0.15, -0.1) is 0 Å². The van der Waals surface area contributed by atoms with Crippen molar-refractivity contribution in [2.75, 3.05) is 45.9 Å². The average molecular weight is 375 g/mol. The van der Waals surface area contributed by atoms with E-state index in [9.17, 15) is 14.7 Å². The highest BCUT2D eigenvalue weighted by atomic mass is 16.5. The van der Waals surface area contributed by atoms with Gasteiger partial charge in [-0.3, -0.25) is 14.5 Å². The molecule has 7 heteroatoms. The first-order valence-corrected chi connectivity index (χ1v) is 10.1. The minimum Gasteiger partial charge on any atom is -0.388 e. The molecule has 0 spiro atoms. The van der Waals surface area contributed by atoms with Crippen molar-refractivity contribution >= 4 is 5.91 Å². The van der Waals surface area contributed by atoms with Crippen molar-refractivity contribution in [2.24, 2.45) is 0 Å². The van der Waals surface area contributed by atoms with Crippen LogP contribution >= 0.6 is 0 Å². The van der Waals surface area contributed by atoms with Crippen molar-refractivity contribution in [3.05, 3.63) is 33.2 Å². The third-order valence-corrected chi connectivity index (χ3v) is 6.14. The molecule has 0 saturated carbocycles. The van der Waals surface area contributed by atoms with Crippen LogP contribution in [-0.4, -0.2) is 77.3 Å². The molecule has 2 saturated heterocycles. The summed E-state index contributed by atoms with van der Waals surface area (Å²) in [6.07, 6.45) is 4.80. The number of aryl methyl sites for hydroxylation is 2. The standard InChI is InChI=1S/C20H29N3O4/c24-18-16(13-15-3-1-4-17(15)21-18)19(25)23-7-2-5-20(26,6-8-23)14-22-9-11-27-12-10-22/h13,26H,1-12,14H2,(H,21,24)/t20-/m1/s1. The summed E-state index contributed by atoms with van der Waals surface area (Å²) in [5.74, 6) is -0.207. The lowest BCUT2D eigenvalue weighted by Crippen LogP contribution is -2.48. The van der Waals surface area contributed by atoms with E-state index in [1.807, 2.05) is 0 Å². The third kappa shape index (κ3) is 4.10. The van der Waals surface area contributed by atoms with Crippen molar-refractivity contribution in [1.29, 1.82) is 0 Å². The maximum atomic E-state index is 13.0. The van der Waals surface area contributed by atoms with Gasteiger partial charge in [0.05, 0.1) is 18.8 Å². The number of β-amino-alcohol motifs (C(OH)–C–C–N with tert-alkyl or cyclic N) is 1. The highest BCUT2D eigenvalue weighted by molar-refractivity contribution is 5.94. The van der Waals surface area contributed by atoms with Gasteiger partial charge in [0.1, 0.15) is 5.56 Å². The third-order valence-electron chi connectivity index (χ3n) is 6.14. The number of hydrogen-bond donors (Lipinski definition) is 2. The number of morpholine rings is 1. The second kappa shape index (κ2) is 7.73. The van der Waals surface area contributed by atoms with E-state index in [1.165, 1.54) is 0 Å². The molecular weight excluding hydrogens is 346 g/mol. The predicted molar refractivity (Wildman–Crippen MR) is 101 cm³/mol. The second-order valence-corrected chi connectivity index (χ2v) is 8.13. The van der Waals surface area contributed by atoms with E-state index in [0.29, 0.717) is 45.7 Å². The van der Waals surface area contributed by atoms with Crippen LogP contribution in [0.4, 0.5) is 0 Å². The molecule has 2 fully saturated rings. The van der Waals surface area contributed by atoms with E-state index in [0.717, 1.165) is 50.0 Å². The fraction of sp³-hybridized carbons (Fsp3) is 0.700. The van der Waals surface area contributed by atoms with Gasteiger partial charge in [0.2, 0.25) is 0 Å². The highest BCUT2D eigenvalue weighted by Crippen LogP contribution is 2.25. The van der Waals surface area contributed by atoms with Crippen molar-refractivity contribution in [2.45, 2.75) is 44.1 Å².